The van der Waals surface area contributed by atoms with Gasteiger partial charge in [0.1, 0.15) is 17.6 Å². The van der Waals surface area contributed by atoms with Crippen LogP contribution in [-0.2, 0) is 7.05 Å². The van der Waals surface area contributed by atoms with Gasteiger partial charge in [-0.3, -0.25) is 14.4 Å². The molecule has 0 saturated carbocycles. The van der Waals surface area contributed by atoms with E-state index in [0.717, 1.165) is 27.0 Å². The first kappa shape index (κ1) is 24.1. The van der Waals surface area contributed by atoms with Gasteiger partial charge in [0.15, 0.2) is 17.2 Å². The monoisotopic (exact) mass is 561 g/mol. The van der Waals surface area contributed by atoms with E-state index in [2.05, 4.69) is 23.5 Å². The third kappa shape index (κ3) is 3.55. The molecule has 0 radical (unpaired) electrons. The van der Waals surface area contributed by atoms with E-state index in [0.29, 0.717) is 38.8 Å². The van der Waals surface area contributed by atoms with Gasteiger partial charge in [-0.05, 0) is 44.2 Å². The quantitative estimate of drug-likeness (QED) is 0.253. The number of nitrogens with zero attached hydrogens (tertiary/aromatic N) is 5. The minimum atomic E-state index is -0.429. The first-order chi connectivity index (χ1) is 18.9. The van der Waals surface area contributed by atoms with Crippen LogP contribution < -0.4 is 19.1 Å². The molecule has 3 aromatic heterocycles. The fourth-order valence-electron chi connectivity index (χ4n) is 5.49. The van der Waals surface area contributed by atoms with Gasteiger partial charge in [0, 0.05) is 41.2 Å². The standard InChI is InChI=1S/C28H24ClN5O4S/c1-14(2)33-26-24(31-27(33)17-9-15-12-30-32(3)18(15)11-20(17)36-4)28(35)34(25(26)22-7-8-23(29)39-22)16-5-6-19-21(10-16)38-13-37-19/h5-12,14,25H,13H2,1-4H3. The lowest BCUT2D eigenvalue weighted by molar-refractivity contribution is 0.0989. The summed E-state index contributed by atoms with van der Waals surface area (Å²) in [6, 6.07) is 12.9. The number of rotatable bonds is 5. The molecule has 0 spiro atoms. The number of amides is 1. The van der Waals surface area contributed by atoms with Gasteiger partial charge in [0.05, 0.1) is 34.4 Å². The Morgan fingerprint density at radius 1 is 1.13 bits per heavy atom. The molecule has 1 amide bonds. The molecule has 2 aromatic carbocycles. The van der Waals surface area contributed by atoms with E-state index in [9.17, 15) is 4.79 Å². The van der Waals surface area contributed by atoms with E-state index >= 15 is 0 Å². The number of carbonyl (C=O) groups is 1. The molecule has 5 heterocycles. The SMILES string of the molecule is COc1cc2c(cnn2C)cc1-c1nc2c(n1C(C)C)C(c1ccc(Cl)s1)N(c1ccc3c(c1)OCO3)C2=O. The number of imidazole rings is 1. The molecule has 0 bridgehead atoms. The first-order valence-corrected chi connectivity index (χ1v) is 13.7. The number of aromatic nitrogens is 4. The van der Waals surface area contributed by atoms with Gasteiger partial charge < -0.3 is 18.8 Å². The molecule has 0 aliphatic carbocycles. The fraction of sp³-hybridized carbons (Fsp3) is 0.250. The van der Waals surface area contributed by atoms with Crippen molar-refractivity contribution >= 4 is 45.4 Å². The number of hydrogen-bond donors (Lipinski definition) is 0. The Labute approximate surface area is 233 Å². The van der Waals surface area contributed by atoms with Gasteiger partial charge in [-0.15, -0.1) is 11.3 Å². The number of aryl methyl sites for hydroxylation is 1. The molecule has 11 heteroatoms. The molecular weight excluding hydrogens is 538 g/mol. The van der Waals surface area contributed by atoms with Gasteiger partial charge >= 0.3 is 0 Å². The average molecular weight is 562 g/mol. The molecule has 7 rings (SSSR count). The van der Waals surface area contributed by atoms with Gasteiger partial charge in [-0.2, -0.15) is 5.10 Å². The lowest BCUT2D eigenvalue weighted by Gasteiger charge is -2.27. The Balaban J connectivity index is 1.46. The second-order valence-electron chi connectivity index (χ2n) is 9.77. The number of fused-ring (bicyclic) bond motifs is 3. The third-order valence-electron chi connectivity index (χ3n) is 7.21. The number of thiophene rings is 1. The zero-order chi connectivity index (χ0) is 27.0. The summed E-state index contributed by atoms with van der Waals surface area (Å²) >= 11 is 7.86. The minimum absolute atomic E-state index is 0.00649. The number of benzene rings is 2. The van der Waals surface area contributed by atoms with Crippen molar-refractivity contribution in [3.8, 4) is 28.6 Å². The molecule has 2 aliphatic rings. The van der Waals surface area contributed by atoms with Crippen LogP contribution in [0.25, 0.3) is 22.3 Å². The van der Waals surface area contributed by atoms with Crippen LogP contribution in [0.3, 0.4) is 0 Å². The Bertz CT molecular complexity index is 1790. The zero-order valence-corrected chi connectivity index (χ0v) is 23.2. The molecule has 39 heavy (non-hydrogen) atoms. The summed E-state index contributed by atoms with van der Waals surface area (Å²) in [5.74, 6) is 2.40. The van der Waals surface area contributed by atoms with Crippen molar-refractivity contribution in [1.29, 1.82) is 0 Å². The highest BCUT2D eigenvalue weighted by atomic mass is 35.5. The van der Waals surface area contributed by atoms with Crippen LogP contribution in [0.4, 0.5) is 5.69 Å². The van der Waals surface area contributed by atoms with Crippen molar-refractivity contribution in [2.45, 2.75) is 25.9 Å². The molecule has 1 unspecified atom stereocenters. The summed E-state index contributed by atoms with van der Waals surface area (Å²) in [6.45, 7) is 4.34. The predicted octanol–water partition coefficient (Wildman–Crippen LogP) is 6.22. The molecule has 0 N–H and O–H groups in total. The molecular formula is C28H24ClN5O4S. The summed E-state index contributed by atoms with van der Waals surface area (Å²) in [7, 11) is 3.53. The van der Waals surface area contributed by atoms with Crippen LogP contribution >= 0.6 is 22.9 Å². The number of anilines is 1. The summed E-state index contributed by atoms with van der Waals surface area (Å²) < 4.78 is 21.5. The summed E-state index contributed by atoms with van der Waals surface area (Å²) in [6.07, 6.45) is 1.82. The zero-order valence-electron chi connectivity index (χ0n) is 21.6. The highest BCUT2D eigenvalue weighted by molar-refractivity contribution is 7.16. The topological polar surface area (TPSA) is 83.6 Å². The number of carbonyl (C=O) groups excluding carboxylic acids is 1. The van der Waals surface area contributed by atoms with Crippen LogP contribution in [0.1, 0.15) is 47.0 Å². The second-order valence-corrected chi connectivity index (χ2v) is 11.5. The molecule has 198 valence electrons. The van der Waals surface area contributed by atoms with E-state index < -0.39 is 6.04 Å². The summed E-state index contributed by atoms with van der Waals surface area (Å²) in [4.78, 5) is 21.9. The summed E-state index contributed by atoms with van der Waals surface area (Å²) in [5.41, 5.74) is 3.66. The van der Waals surface area contributed by atoms with Crippen molar-refractivity contribution in [2.24, 2.45) is 7.05 Å². The van der Waals surface area contributed by atoms with E-state index in [1.54, 1.807) is 16.7 Å². The molecule has 2 aliphatic heterocycles. The molecule has 0 fully saturated rings. The van der Waals surface area contributed by atoms with E-state index in [1.807, 2.05) is 55.7 Å². The second kappa shape index (κ2) is 8.75. The Hall–Kier alpha value is -4.02. The first-order valence-electron chi connectivity index (χ1n) is 12.5. The normalized spacial score (nSPS) is 16.1. The van der Waals surface area contributed by atoms with E-state index in [4.69, 9.17) is 30.8 Å². The van der Waals surface area contributed by atoms with Crippen LogP contribution in [0.5, 0.6) is 17.2 Å². The number of methoxy groups -OCH3 is 1. The highest BCUT2D eigenvalue weighted by Gasteiger charge is 2.46. The number of hydrogen-bond acceptors (Lipinski definition) is 7. The number of ether oxygens (including phenoxy) is 3. The van der Waals surface area contributed by atoms with Gasteiger partial charge in [0.2, 0.25) is 6.79 Å². The average Bonchev–Trinajstić information content (AvgIpc) is 3.73. The lowest BCUT2D eigenvalue weighted by atomic mass is 10.1. The fourth-order valence-corrected chi connectivity index (χ4v) is 6.65. The van der Waals surface area contributed by atoms with Crippen molar-refractivity contribution in [3.63, 3.8) is 0 Å². The molecule has 1 atom stereocenters. The minimum Gasteiger partial charge on any atom is -0.496 e. The number of halogens is 1. The van der Waals surface area contributed by atoms with Gasteiger partial charge in [-0.1, -0.05) is 11.6 Å². The Morgan fingerprint density at radius 3 is 2.69 bits per heavy atom. The van der Waals surface area contributed by atoms with Crippen molar-refractivity contribution < 1.29 is 19.0 Å². The Morgan fingerprint density at radius 2 is 1.95 bits per heavy atom. The van der Waals surface area contributed by atoms with Crippen molar-refractivity contribution in [3.05, 3.63) is 69.3 Å². The lowest BCUT2D eigenvalue weighted by Crippen LogP contribution is -2.29. The maximum Gasteiger partial charge on any atom is 0.279 e. The van der Waals surface area contributed by atoms with Crippen LogP contribution in [0.2, 0.25) is 4.34 Å². The van der Waals surface area contributed by atoms with Crippen molar-refractivity contribution in [1.82, 2.24) is 19.3 Å². The van der Waals surface area contributed by atoms with Crippen LogP contribution in [-0.4, -0.2) is 39.1 Å². The van der Waals surface area contributed by atoms with Crippen LogP contribution in [0.15, 0.2) is 48.7 Å². The largest absolute Gasteiger partial charge is 0.496 e. The van der Waals surface area contributed by atoms with E-state index in [-0.39, 0.29) is 18.7 Å². The molecule has 9 nitrogen and oxygen atoms in total. The molecule has 5 aromatic rings. The maximum atomic E-state index is 14.2. The highest BCUT2D eigenvalue weighted by Crippen LogP contribution is 2.49. The maximum absolute atomic E-state index is 14.2. The smallest absolute Gasteiger partial charge is 0.279 e. The van der Waals surface area contributed by atoms with Crippen molar-refractivity contribution in [2.75, 3.05) is 18.8 Å². The predicted molar refractivity (Wildman–Crippen MR) is 149 cm³/mol. The van der Waals surface area contributed by atoms with Gasteiger partial charge in [0.25, 0.3) is 5.91 Å². The third-order valence-corrected chi connectivity index (χ3v) is 8.49. The van der Waals surface area contributed by atoms with Crippen LogP contribution in [0, 0.1) is 0 Å². The summed E-state index contributed by atoms with van der Waals surface area (Å²) in [5, 5.41) is 5.35. The Kier molecular flexibility index (Phi) is 5.40. The molecule has 0 saturated heterocycles. The van der Waals surface area contributed by atoms with Gasteiger partial charge in [-0.25, -0.2) is 4.98 Å². The van der Waals surface area contributed by atoms with E-state index in [1.165, 1.54) is 11.3 Å².